The maximum absolute atomic E-state index is 11.9. The monoisotopic (exact) mass is 409 g/mol. The minimum atomic E-state index is -0.234. The Kier molecular flexibility index (Phi) is 8.02. The molecule has 0 bridgehead atoms. The molecule has 1 aromatic carbocycles. The van der Waals surface area contributed by atoms with E-state index in [-0.39, 0.29) is 19.1 Å². The molecule has 1 heterocycles. The Morgan fingerprint density at radius 1 is 1.21 bits per heavy atom. The van der Waals surface area contributed by atoms with Gasteiger partial charge >= 0.3 is 0 Å². The smallest absolute Gasteiger partial charge is 0.251 e. The van der Waals surface area contributed by atoms with Crippen molar-refractivity contribution in [1.29, 1.82) is 10.5 Å². The maximum atomic E-state index is 11.9. The predicted molar refractivity (Wildman–Crippen MR) is 113 cm³/mol. The van der Waals surface area contributed by atoms with Crippen LogP contribution in [-0.2, 0) is 12.2 Å². The third-order valence-electron chi connectivity index (χ3n) is 4.24. The van der Waals surface area contributed by atoms with Gasteiger partial charge in [0.15, 0.2) is 0 Å². The van der Waals surface area contributed by atoms with Gasteiger partial charge in [-0.05, 0) is 29.7 Å². The van der Waals surface area contributed by atoms with Crippen molar-refractivity contribution < 1.29 is 9.90 Å². The Morgan fingerprint density at radius 2 is 1.86 bits per heavy atom. The molecule has 0 saturated heterocycles. The third kappa shape index (κ3) is 5.26. The van der Waals surface area contributed by atoms with Crippen molar-refractivity contribution in [2.24, 2.45) is 0 Å². The number of hydrogen-bond acceptors (Lipinski definition) is 7. The number of rotatable bonds is 8. The number of aliphatic hydroxyl groups is 1. The molecule has 7 nitrogen and oxygen atoms in total. The number of hydrogen-bond donors (Lipinski definition) is 2. The van der Waals surface area contributed by atoms with Gasteiger partial charge in [-0.25, -0.2) is 4.98 Å². The maximum Gasteiger partial charge on any atom is 0.251 e. The van der Waals surface area contributed by atoms with Crippen molar-refractivity contribution in [3.05, 3.63) is 52.1 Å². The van der Waals surface area contributed by atoms with Crippen LogP contribution in [0, 0.1) is 22.7 Å². The van der Waals surface area contributed by atoms with Gasteiger partial charge in [-0.2, -0.15) is 10.5 Å². The van der Waals surface area contributed by atoms with Crippen LogP contribution in [0.15, 0.2) is 29.3 Å². The Hall–Kier alpha value is -3.07. The van der Waals surface area contributed by atoms with Crippen LogP contribution in [0.2, 0.25) is 0 Å². The minimum Gasteiger partial charge on any atom is -0.395 e. The van der Waals surface area contributed by atoms with E-state index in [2.05, 4.69) is 22.4 Å². The first-order valence-electron chi connectivity index (χ1n) is 9.11. The second kappa shape index (κ2) is 10.5. The highest BCUT2D eigenvalue weighted by molar-refractivity contribution is 7.98. The number of nitrogens with one attached hydrogen (secondary N) is 1. The van der Waals surface area contributed by atoms with Crippen LogP contribution in [0.3, 0.4) is 0 Å². The zero-order valence-corrected chi connectivity index (χ0v) is 17.5. The molecule has 0 aliphatic carbocycles. The Balaban J connectivity index is 2.26. The van der Waals surface area contributed by atoms with Crippen LogP contribution in [0.1, 0.15) is 39.5 Å². The number of thioether (sulfide) groups is 1. The van der Waals surface area contributed by atoms with Crippen LogP contribution < -0.4 is 10.2 Å². The second-order valence-corrected chi connectivity index (χ2v) is 7.37. The number of carbonyl (C=O) groups is 1. The van der Waals surface area contributed by atoms with Gasteiger partial charge in [-0.15, -0.1) is 11.8 Å². The number of nitrogens with zero attached hydrogens (tertiary/aromatic N) is 4. The minimum absolute atomic E-state index is 0.103. The van der Waals surface area contributed by atoms with E-state index < -0.39 is 0 Å². The van der Waals surface area contributed by atoms with Gasteiger partial charge in [-0.1, -0.05) is 19.1 Å². The van der Waals surface area contributed by atoms with Gasteiger partial charge in [0.2, 0.25) is 0 Å². The van der Waals surface area contributed by atoms with E-state index in [0.717, 1.165) is 5.56 Å². The highest BCUT2D eigenvalue weighted by atomic mass is 32.2. The second-order valence-electron chi connectivity index (χ2n) is 6.41. The largest absolute Gasteiger partial charge is 0.395 e. The standard InChI is InChI=1S/C21H23N5O2S/c1-4-16-17(11-22)19(26(2)3)25-21(18(16)12-23)29-13-14-5-7-15(8-6-14)20(28)24-9-10-27/h5-8,27H,4,9-10,13H2,1-3H3,(H,24,28). The van der Waals surface area contributed by atoms with Gasteiger partial charge in [-0.3, -0.25) is 4.79 Å². The SMILES string of the molecule is CCc1c(C#N)c(SCc2ccc(C(=O)NCCO)cc2)nc(N(C)C)c1C#N. The van der Waals surface area contributed by atoms with E-state index in [1.807, 2.05) is 33.2 Å². The first-order chi connectivity index (χ1) is 14.0. The summed E-state index contributed by atoms with van der Waals surface area (Å²) in [6.45, 7) is 2.03. The van der Waals surface area contributed by atoms with Gasteiger partial charge in [0.1, 0.15) is 23.0 Å². The normalized spacial score (nSPS) is 10.1. The molecule has 8 heteroatoms. The van der Waals surface area contributed by atoms with Crippen molar-refractivity contribution >= 4 is 23.5 Å². The summed E-state index contributed by atoms with van der Waals surface area (Å²) in [5.41, 5.74) is 3.10. The Labute approximate surface area is 175 Å². The zero-order chi connectivity index (χ0) is 21.4. The lowest BCUT2D eigenvalue weighted by Crippen LogP contribution is -2.26. The molecule has 0 atom stereocenters. The number of benzene rings is 1. The van der Waals surface area contributed by atoms with Gasteiger partial charge in [0.25, 0.3) is 5.91 Å². The van der Waals surface area contributed by atoms with Crippen molar-refractivity contribution in [2.45, 2.75) is 24.1 Å². The van der Waals surface area contributed by atoms with Crippen LogP contribution >= 0.6 is 11.8 Å². The molecule has 0 saturated carbocycles. The summed E-state index contributed by atoms with van der Waals surface area (Å²) >= 11 is 1.43. The fourth-order valence-corrected chi connectivity index (χ4v) is 3.75. The number of aliphatic hydroxyl groups excluding tert-OH is 1. The summed E-state index contributed by atoms with van der Waals surface area (Å²) < 4.78 is 0. The lowest BCUT2D eigenvalue weighted by molar-refractivity contribution is 0.0945. The molecule has 0 unspecified atom stereocenters. The summed E-state index contributed by atoms with van der Waals surface area (Å²) in [4.78, 5) is 18.3. The van der Waals surface area contributed by atoms with Crippen molar-refractivity contribution in [2.75, 3.05) is 32.1 Å². The molecule has 2 rings (SSSR count). The molecule has 2 N–H and O–H groups in total. The average molecular weight is 410 g/mol. The number of amides is 1. The first-order valence-corrected chi connectivity index (χ1v) is 10.1. The average Bonchev–Trinajstić information content (AvgIpc) is 2.74. The summed E-state index contributed by atoms with van der Waals surface area (Å²) in [5.74, 6) is 0.894. The fraction of sp³-hybridized carbons (Fsp3) is 0.333. The third-order valence-corrected chi connectivity index (χ3v) is 5.28. The molecule has 0 aliphatic heterocycles. The molecule has 0 fully saturated rings. The summed E-state index contributed by atoms with van der Waals surface area (Å²) in [6, 6.07) is 11.5. The molecule has 0 radical (unpaired) electrons. The zero-order valence-electron chi connectivity index (χ0n) is 16.7. The molecule has 29 heavy (non-hydrogen) atoms. The van der Waals surface area contributed by atoms with E-state index in [1.165, 1.54) is 11.8 Å². The quantitative estimate of drug-likeness (QED) is 0.644. The fourth-order valence-electron chi connectivity index (χ4n) is 2.79. The highest BCUT2D eigenvalue weighted by Gasteiger charge is 2.20. The van der Waals surface area contributed by atoms with Crippen LogP contribution in [0.4, 0.5) is 5.82 Å². The van der Waals surface area contributed by atoms with Crippen molar-refractivity contribution in [1.82, 2.24) is 10.3 Å². The highest BCUT2D eigenvalue weighted by Crippen LogP contribution is 2.32. The molecular weight excluding hydrogens is 386 g/mol. The number of carbonyl (C=O) groups excluding carboxylic acids is 1. The van der Waals surface area contributed by atoms with E-state index in [0.29, 0.717) is 45.3 Å². The molecule has 1 aromatic heterocycles. The van der Waals surface area contributed by atoms with E-state index in [9.17, 15) is 15.3 Å². The van der Waals surface area contributed by atoms with Crippen LogP contribution in [0.5, 0.6) is 0 Å². The lowest BCUT2D eigenvalue weighted by Gasteiger charge is -2.18. The molecule has 0 spiro atoms. The first kappa shape index (κ1) is 22.2. The van der Waals surface area contributed by atoms with Gasteiger partial charge < -0.3 is 15.3 Å². The Morgan fingerprint density at radius 3 is 2.38 bits per heavy atom. The molecule has 1 amide bonds. The lowest BCUT2D eigenvalue weighted by atomic mass is 10.0. The number of aromatic nitrogens is 1. The number of pyridine rings is 1. The molecular formula is C21H23N5O2S. The molecule has 0 aliphatic rings. The summed E-state index contributed by atoms with van der Waals surface area (Å²) in [7, 11) is 3.65. The summed E-state index contributed by atoms with van der Waals surface area (Å²) in [5, 5.41) is 31.2. The Bertz CT molecular complexity index is 959. The van der Waals surface area contributed by atoms with E-state index >= 15 is 0 Å². The van der Waals surface area contributed by atoms with Crippen molar-refractivity contribution in [3.8, 4) is 12.1 Å². The predicted octanol–water partition coefficient (Wildman–Crippen LogP) is 2.47. The number of anilines is 1. The number of nitriles is 2. The van der Waals surface area contributed by atoms with Crippen LogP contribution in [-0.4, -0.2) is 43.2 Å². The topological polar surface area (TPSA) is 113 Å². The molecule has 150 valence electrons. The van der Waals surface area contributed by atoms with E-state index in [1.54, 1.807) is 17.0 Å². The molecule has 2 aromatic rings. The van der Waals surface area contributed by atoms with Gasteiger partial charge in [0, 0.05) is 32.0 Å². The summed E-state index contributed by atoms with van der Waals surface area (Å²) in [6.07, 6.45) is 0.570. The van der Waals surface area contributed by atoms with Crippen molar-refractivity contribution in [3.63, 3.8) is 0 Å². The van der Waals surface area contributed by atoms with Crippen LogP contribution in [0.25, 0.3) is 0 Å². The van der Waals surface area contributed by atoms with Gasteiger partial charge in [0.05, 0.1) is 17.7 Å². The van der Waals surface area contributed by atoms with E-state index in [4.69, 9.17) is 5.11 Å².